The minimum atomic E-state index is -0.216. The lowest BCUT2D eigenvalue weighted by atomic mass is 9.97. The number of fused-ring (bicyclic) bond motifs is 2. The van der Waals surface area contributed by atoms with Crippen molar-refractivity contribution in [2.24, 2.45) is 13.0 Å². The van der Waals surface area contributed by atoms with E-state index in [4.69, 9.17) is 0 Å². The van der Waals surface area contributed by atoms with Gasteiger partial charge in [0.2, 0.25) is 0 Å². The molecule has 4 rings (SSSR count). The van der Waals surface area contributed by atoms with Gasteiger partial charge in [-0.3, -0.25) is 9.69 Å². The second-order valence-corrected chi connectivity index (χ2v) is 9.81. The van der Waals surface area contributed by atoms with E-state index in [1.165, 1.54) is 45.3 Å². The molecule has 3 amide bonds. The number of rotatable bonds is 9. The highest BCUT2D eigenvalue weighted by atomic mass is 16.2. The third-order valence-electron chi connectivity index (χ3n) is 7.01. The number of likely N-dealkylation sites (tertiary alicyclic amines) is 1. The van der Waals surface area contributed by atoms with Gasteiger partial charge in [0.05, 0.1) is 17.1 Å². The first-order valence-electron chi connectivity index (χ1n) is 13.1. The molecule has 0 saturated carbocycles. The summed E-state index contributed by atoms with van der Waals surface area (Å²) in [7, 11) is 1.82. The van der Waals surface area contributed by atoms with E-state index in [9.17, 15) is 9.59 Å². The second-order valence-electron chi connectivity index (χ2n) is 9.81. The maximum atomic E-state index is 13.4. The Balaban J connectivity index is 1.38. The molecule has 1 unspecified atom stereocenters. The van der Waals surface area contributed by atoms with Crippen LogP contribution in [0.1, 0.15) is 50.0 Å². The molecule has 1 aromatic heterocycles. The number of piperidine rings is 1. The standard InChI is InChI=1S/C27H40N6O2/c1-4-14-31(15-5-2)19-21-9-8-16-32(20-21)18-13-28-27(35)33-23-11-7-6-10-22(23)29-26(34)25-24(33)12-17-30(25)3/h6-7,10-12,17,21H,4-5,8-9,13-16,18-20H2,1-3H3,(H,28,35)(H,29,34). The molecular weight excluding hydrogens is 440 g/mol. The quantitative estimate of drug-likeness (QED) is 0.562. The summed E-state index contributed by atoms with van der Waals surface area (Å²) in [6.45, 7) is 11.6. The van der Waals surface area contributed by atoms with Crippen molar-refractivity contribution in [1.29, 1.82) is 0 Å². The number of carbonyl (C=O) groups is 2. The molecule has 8 heteroatoms. The van der Waals surface area contributed by atoms with Crippen molar-refractivity contribution in [3.05, 3.63) is 42.2 Å². The first-order valence-corrected chi connectivity index (χ1v) is 13.1. The lowest BCUT2D eigenvalue weighted by molar-refractivity contribution is 0.102. The molecule has 1 saturated heterocycles. The number of anilines is 3. The van der Waals surface area contributed by atoms with E-state index in [1.54, 1.807) is 9.47 Å². The SMILES string of the molecule is CCCN(CCC)CC1CCCN(CCNC(=O)N2c3ccccc3NC(=O)c3c2ccn3C)C1. The van der Waals surface area contributed by atoms with Gasteiger partial charge in [0.25, 0.3) is 5.91 Å². The Bertz CT molecular complexity index is 1010. The molecule has 0 bridgehead atoms. The van der Waals surface area contributed by atoms with E-state index in [-0.39, 0.29) is 11.9 Å². The van der Waals surface area contributed by atoms with Gasteiger partial charge in [-0.1, -0.05) is 26.0 Å². The first-order chi connectivity index (χ1) is 17.0. The summed E-state index contributed by atoms with van der Waals surface area (Å²) in [5, 5.41) is 6.06. The summed E-state index contributed by atoms with van der Waals surface area (Å²) in [5.74, 6) is 0.480. The van der Waals surface area contributed by atoms with Crippen LogP contribution in [0.3, 0.4) is 0 Å². The van der Waals surface area contributed by atoms with Crippen LogP contribution in [-0.4, -0.2) is 72.1 Å². The van der Waals surface area contributed by atoms with Crippen molar-refractivity contribution >= 4 is 29.0 Å². The monoisotopic (exact) mass is 480 g/mol. The molecule has 2 aliphatic rings. The Morgan fingerprint density at radius 2 is 1.91 bits per heavy atom. The Morgan fingerprint density at radius 1 is 1.14 bits per heavy atom. The topological polar surface area (TPSA) is 72.8 Å². The molecule has 0 aliphatic carbocycles. The lowest BCUT2D eigenvalue weighted by Crippen LogP contribution is -2.45. The van der Waals surface area contributed by atoms with Gasteiger partial charge in [-0.15, -0.1) is 0 Å². The Morgan fingerprint density at radius 3 is 2.69 bits per heavy atom. The molecule has 3 heterocycles. The normalized spacial score (nSPS) is 18.1. The molecule has 0 spiro atoms. The Labute approximate surface area is 209 Å². The van der Waals surface area contributed by atoms with Crippen LogP contribution in [0.15, 0.2) is 36.5 Å². The summed E-state index contributed by atoms with van der Waals surface area (Å²) in [6, 6.07) is 9.04. The average molecular weight is 481 g/mol. The summed E-state index contributed by atoms with van der Waals surface area (Å²) in [5.41, 5.74) is 2.37. The van der Waals surface area contributed by atoms with Crippen LogP contribution in [0.25, 0.3) is 0 Å². The van der Waals surface area contributed by atoms with E-state index in [2.05, 4.69) is 34.3 Å². The van der Waals surface area contributed by atoms with Gasteiger partial charge in [0, 0.05) is 39.4 Å². The fourth-order valence-corrected chi connectivity index (χ4v) is 5.47. The van der Waals surface area contributed by atoms with Gasteiger partial charge in [-0.05, 0) is 69.4 Å². The summed E-state index contributed by atoms with van der Waals surface area (Å²) >= 11 is 0. The number of para-hydroxylation sites is 2. The Hall–Kier alpha value is -2.84. The van der Waals surface area contributed by atoms with Crippen molar-refractivity contribution in [3.63, 3.8) is 0 Å². The number of hydrogen-bond donors (Lipinski definition) is 2. The van der Waals surface area contributed by atoms with E-state index < -0.39 is 0 Å². The molecule has 1 aromatic carbocycles. The van der Waals surface area contributed by atoms with Gasteiger partial charge >= 0.3 is 6.03 Å². The molecule has 190 valence electrons. The fourth-order valence-electron chi connectivity index (χ4n) is 5.47. The van der Waals surface area contributed by atoms with Crippen LogP contribution in [0, 0.1) is 5.92 Å². The first kappa shape index (κ1) is 25.3. The highest BCUT2D eigenvalue weighted by molar-refractivity contribution is 6.16. The lowest BCUT2D eigenvalue weighted by Gasteiger charge is -2.35. The predicted molar refractivity (Wildman–Crippen MR) is 142 cm³/mol. The number of benzene rings is 1. The minimum absolute atomic E-state index is 0.213. The van der Waals surface area contributed by atoms with Crippen LogP contribution in [-0.2, 0) is 7.05 Å². The molecule has 1 fully saturated rings. The zero-order valence-corrected chi connectivity index (χ0v) is 21.4. The molecule has 8 nitrogen and oxygen atoms in total. The smallest absolute Gasteiger partial charge is 0.326 e. The molecule has 2 N–H and O–H groups in total. The average Bonchev–Trinajstić information content (AvgIpc) is 3.15. The van der Waals surface area contributed by atoms with Gasteiger partial charge in [0.15, 0.2) is 0 Å². The molecule has 2 aromatic rings. The van der Waals surface area contributed by atoms with Crippen LogP contribution in [0.5, 0.6) is 0 Å². The van der Waals surface area contributed by atoms with Crippen molar-refractivity contribution in [2.45, 2.75) is 39.5 Å². The number of aromatic nitrogens is 1. The second kappa shape index (κ2) is 11.7. The summed E-state index contributed by atoms with van der Waals surface area (Å²) < 4.78 is 1.76. The maximum absolute atomic E-state index is 13.4. The summed E-state index contributed by atoms with van der Waals surface area (Å²) in [6.07, 6.45) is 6.71. The number of urea groups is 1. The number of aryl methyl sites for hydroxylation is 1. The molecule has 1 atom stereocenters. The van der Waals surface area contributed by atoms with Crippen LogP contribution in [0.4, 0.5) is 21.9 Å². The van der Waals surface area contributed by atoms with Gasteiger partial charge in [0.1, 0.15) is 5.69 Å². The third kappa shape index (κ3) is 5.87. The van der Waals surface area contributed by atoms with Crippen molar-refractivity contribution in [2.75, 3.05) is 56.0 Å². The van der Waals surface area contributed by atoms with Gasteiger partial charge in [-0.2, -0.15) is 0 Å². The number of nitrogens with zero attached hydrogens (tertiary/aromatic N) is 4. The fraction of sp³-hybridized carbons (Fsp3) is 0.556. The van der Waals surface area contributed by atoms with Crippen molar-refractivity contribution in [1.82, 2.24) is 19.7 Å². The maximum Gasteiger partial charge on any atom is 0.326 e. The largest absolute Gasteiger partial charge is 0.345 e. The molecule has 35 heavy (non-hydrogen) atoms. The van der Waals surface area contributed by atoms with Gasteiger partial charge < -0.3 is 25.0 Å². The van der Waals surface area contributed by atoms with Crippen molar-refractivity contribution < 1.29 is 9.59 Å². The van der Waals surface area contributed by atoms with E-state index in [1.807, 2.05) is 43.6 Å². The van der Waals surface area contributed by atoms with Gasteiger partial charge in [-0.25, -0.2) is 4.79 Å². The van der Waals surface area contributed by atoms with E-state index in [0.717, 1.165) is 19.6 Å². The molecular formula is C27H40N6O2. The summed E-state index contributed by atoms with van der Waals surface area (Å²) in [4.78, 5) is 33.0. The third-order valence-corrected chi connectivity index (χ3v) is 7.01. The van der Waals surface area contributed by atoms with Crippen LogP contribution in [0.2, 0.25) is 0 Å². The zero-order chi connectivity index (χ0) is 24.8. The highest BCUT2D eigenvalue weighted by Gasteiger charge is 2.31. The van der Waals surface area contributed by atoms with Crippen LogP contribution >= 0.6 is 0 Å². The molecule has 2 aliphatic heterocycles. The molecule has 0 radical (unpaired) electrons. The van der Waals surface area contributed by atoms with E-state index in [0.29, 0.717) is 35.2 Å². The zero-order valence-electron chi connectivity index (χ0n) is 21.4. The Kier molecular flexibility index (Phi) is 8.46. The highest BCUT2D eigenvalue weighted by Crippen LogP contribution is 2.38. The number of nitrogens with one attached hydrogen (secondary N) is 2. The van der Waals surface area contributed by atoms with E-state index >= 15 is 0 Å². The number of amides is 3. The predicted octanol–water partition coefficient (Wildman–Crippen LogP) is 4.27. The van der Waals surface area contributed by atoms with Crippen molar-refractivity contribution in [3.8, 4) is 0 Å². The number of hydrogen-bond acceptors (Lipinski definition) is 4. The van der Waals surface area contributed by atoms with Crippen LogP contribution < -0.4 is 15.5 Å². The number of carbonyl (C=O) groups excluding carboxylic acids is 2. The minimum Gasteiger partial charge on any atom is -0.345 e.